The van der Waals surface area contributed by atoms with Gasteiger partial charge in [-0.15, -0.1) is 0 Å². The van der Waals surface area contributed by atoms with Gasteiger partial charge in [0.2, 0.25) is 15.9 Å². The lowest BCUT2D eigenvalue weighted by Crippen LogP contribution is -2.46. The molecular formula is C19H30N2O3S. The van der Waals surface area contributed by atoms with Crippen molar-refractivity contribution in [2.24, 2.45) is 11.8 Å². The van der Waals surface area contributed by atoms with Crippen LogP contribution < -0.4 is 5.32 Å². The minimum Gasteiger partial charge on any atom is -0.349 e. The van der Waals surface area contributed by atoms with Gasteiger partial charge in [0.1, 0.15) is 0 Å². The fourth-order valence-electron chi connectivity index (χ4n) is 3.32. The highest BCUT2D eigenvalue weighted by atomic mass is 32.2. The molecule has 140 valence electrons. The van der Waals surface area contributed by atoms with Crippen molar-refractivity contribution in [3.05, 3.63) is 35.9 Å². The summed E-state index contributed by atoms with van der Waals surface area (Å²) < 4.78 is 25.7. The molecular weight excluding hydrogens is 336 g/mol. The maximum Gasteiger partial charge on any atom is 0.224 e. The fraction of sp³-hybridized carbons (Fsp3) is 0.632. The Morgan fingerprint density at radius 2 is 1.96 bits per heavy atom. The SMILES string of the molecule is CCS(=O)(=O)N1CCC[C@H](C(=O)N[C@H](CC(C)C)c2ccccc2)C1. The van der Waals surface area contributed by atoms with Crippen molar-refractivity contribution in [3.63, 3.8) is 0 Å². The Morgan fingerprint density at radius 1 is 1.28 bits per heavy atom. The van der Waals surface area contributed by atoms with Gasteiger partial charge in [-0.25, -0.2) is 12.7 Å². The number of benzene rings is 1. The molecule has 5 nitrogen and oxygen atoms in total. The number of carbonyl (C=O) groups excluding carboxylic acids is 1. The van der Waals surface area contributed by atoms with Gasteiger partial charge in [-0.2, -0.15) is 0 Å². The Kier molecular flexibility index (Phi) is 7.02. The molecule has 2 atom stereocenters. The van der Waals surface area contributed by atoms with E-state index in [1.807, 2.05) is 30.3 Å². The molecule has 1 fully saturated rings. The van der Waals surface area contributed by atoms with Crippen LogP contribution in [0.4, 0.5) is 0 Å². The smallest absolute Gasteiger partial charge is 0.224 e. The van der Waals surface area contributed by atoms with E-state index < -0.39 is 10.0 Å². The molecule has 1 heterocycles. The summed E-state index contributed by atoms with van der Waals surface area (Å²) in [4.78, 5) is 12.8. The van der Waals surface area contributed by atoms with Crippen LogP contribution in [0.5, 0.6) is 0 Å². The number of hydrogen-bond donors (Lipinski definition) is 1. The van der Waals surface area contributed by atoms with Crippen molar-refractivity contribution < 1.29 is 13.2 Å². The third-order valence-electron chi connectivity index (χ3n) is 4.74. The number of nitrogens with one attached hydrogen (secondary N) is 1. The molecule has 0 spiro atoms. The van der Waals surface area contributed by atoms with Crippen molar-refractivity contribution >= 4 is 15.9 Å². The first-order chi connectivity index (χ1) is 11.8. The Labute approximate surface area is 151 Å². The number of hydrogen-bond acceptors (Lipinski definition) is 3. The lowest BCUT2D eigenvalue weighted by molar-refractivity contribution is -0.127. The van der Waals surface area contributed by atoms with Gasteiger partial charge in [0.15, 0.2) is 0 Å². The molecule has 1 aliphatic rings. The van der Waals surface area contributed by atoms with Crippen LogP contribution in [0.2, 0.25) is 0 Å². The highest BCUT2D eigenvalue weighted by Crippen LogP contribution is 2.24. The van der Waals surface area contributed by atoms with Gasteiger partial charge in [0.05, 0.1) is 17.7 Å². The number of nitrogens with zero attached hydrogens (tertiary/aromatic N) is 1. The normalized spacial score (nSPS) is 20.4. The minimum atomic E-state index is -3.23. The first-order valence-corrected chi connectivity index (χ1v) is 10.8. The third-order valence-corrected chi connectivity index (χ3v) is 6.59. The molecule has 2 rings (SSSR count). The van der Waals surface area contributed by atoms with E-state index in [1.165, 1.54) is 4.31 Å². The van der Waals surface area contributed by atoms with Crippen LogP contribution in [0.1, 0.15) is 51.6 Å². The summed E-state index contributed by atoms with van der Waals surface area (Å²) in [5, 5.41) is 3.16. The largest absolute Gasteiger partial charge is 0.349 e. The van der Waals surface area contributed by atoms with Crippen LogP contribution in [0.3, 0.4) is 0 Å². The first kappa shape index (κ1) is 19.9. The zero-order valence-electron chi connectivity index (χ0n) is 15.4. The van der Waals surface area contributed by atoms with Crippen LogP contribution in [0.15, 0.2) is 30.3 Å². The molecule has 1 aliphatic heterocycles. The highest BCUT2D eigenvalue weighted by Gasteiger charge is 2.32. The van der Waals surface area contributed by atoms with E-state index in [0.29, 0.717) is 19.0 Å². The fourth-order valence-corrected chi connectivity index (χ4v) is 4.50. The zero-order valence-corrected chi connectivity index (χ0v) is 16.3. The van der Waals surface area contributed by atoms with Crippen LogP contribution in [0.25, 0.3) is 0 Å². The van der Waals surface area contributed by atoms with Gasteiger partial charge < -0.3 is 5.32 Å². The molecule has 0 radical (unpaired) electrons. The van der Waals surface area contributed by atoms with E-state index in [9.17, 15) is 13.2 Å². The Bertz CT molecular complexity index is 659. The number of amides is 1. The van der Waals surface area contributed by atoms with Crippen molar-refractivity contribution in [3.8, 4) is 0 Å². The number of rotatable bonds is 7. The maximum atomic E-state index is 12.8. The van der Waals surface area contributed by atoms with Crippen molar-refractivity contribution in [1.82, 2.24) is 9.62 Å². The Morgan fingerprint density at radius 3 is 2.56 bits per heavy atom. The molecule has 1 aromatic rings. The average molecular weight is 367 g/mol. The van der Waals surface area contributed by atoms with Crippen LogP contribution in [-0.4, -0.2) is 37.5 Å². The van der Waals surface area contributed by atoms with Crippen LogP contribution in [-0.2, 0) is 14.8 Å². The van der Waals surface area contributed by atoms with Gasteiger partial charge in [0, 0.05) is 13.1 Å². The molecule has 0 aliphatic carbocycles. The molecule has 0 aromatic heterocycles. The molecule has 0 bridgehead atoms. The molecule has 1 saturated heterocycles. The Hall–Kier alpha value is -1.40. The van der Waals surface area contributed by atoms with Gasteiger partial charge in [-0.3, -0.25) is 4.79 Å². The highest BCUT2D eigenvalue weighted by molar-refractivity contribution is 7.89. The second-order valence-electron chi connectivity index (χ2n) is 7.20. The number of piperidine rings is 1. The molecule has 6 heteroatoms. The van der Waals surface area contributed by atoms with Gasteiger partial charge in [-0.1, -0.05) is 44.2 Å². The van der Waals surface area contributed by atoms with Gasteiger partial charge in [0.25, 0.3) is 0 Å². The van der Waals surface area contributed by atoms with E-state index in [0.717, 1.165) is 24.8 Å². The van der Waals surface area contributed by atoms with E-state index in [2.05, 4.69) is 19.2 Å². The molecule has 0 saturated carbocycles. The van der Waals surface area contributed by atoms with Crippen molar-refractivity contribution in [2.75, 3.05) is 18.8 Å². The molecule has 25 heavy (non-hydrogen) atoms. The number of sulfonamides is 1. The second-order valence-corrected chi connectivity index (χ2v) is 9.46. The standard InChI is InChI=1S/C19H30N2O3S/c1-4-25(23,24)21-12-8-11-17(14-21)19(22)20-18(13-15(2)3)16-9-6-5-7-10-16/h5-7,9-10,15,17-18H,4,8,11-14H2,1-3H3,(H,20,22)/t17-,18+/m0/s1. The number of carbonyl (C=O) groups is 1. The van der Waals surface area contributed by atoms with E-state index >= 15 is 0 Å². The predicted octanol–water partition coefficient (Wildman–Crippen LogP) is 2.95. The van der Waals surface area contributed by atoms with Gasteiger partial charge >= 0.3 is 0 Å². The van der Waals surface area contributed by atoms with E-state index in [-0.39, 0.29) is 23.6 Å². The summed E-state index contributed by atoms with van der Waals surface area (Å²) in [6, 6.07) is 9.94. The summed E-state index contributed by atoms with van der Waals surface area (Å²) in [5.41, 5.74) is 1.10. The summed E-state index contributed by atoms with van der Waals surface area (Å²) in [7, 11) is -3.23. The topological polar surface area (TPSA) is 66.5 Å². The molecule has 0 unspecified atom stereocenters. The summed E-state index contributed by atoms with van der Waals surface area (Å²) in [6.07, 6.45) is 2.34. The quantitative estimate of drug-likeness (QED) is 0.807. The summed E-state index contributed by atoms with van der Waals surface area (Å²) in [6.45, 7) is 6.74. The van der Waals surface area contributed by atoms with Crippen LogP contribution >= 0.6 is 0 Å². The molecule has 1 aromatic carbocycles. The average Bonchev–Trinajstić information content (AvgIpc) is 2.61. The van der Waals surface area contributed by atoms with Gasteiger partial charge in [-0.05, 0) is 37.7 Å². The molecule has 1 amide bonds. The van der Waals surface area contributed by atoms with E-state index in [4.69, 9.17) is 0 Å². The lowest BCUT2D eigenvalue weighted by atomic mass is 9.94. The third kappa shape index (κ3) is 5.54. The van der Waals surface area contributed by atoms with Crippen molar-refractivity contribution in [1.29, 1.82) is 0 Å². The predicted molar refractivity (Wildman–Crippen MR) is 101 cm³/mol. The summed E-state index contributed by atoms with van der Waals surface area (Å²) in [5.74, 6) is 0.231. The Balaban J connectivity index is 2.07. The zero-order chi connectivity index (χ0) is 18.4. The first-order valence-electron chi connectivity index (χ1n) is 9.16. The van der Waals surface area contributed by atoms with Crippen LogP contribution in [0, 0.1) is 11.8 Å². The molecule has 1 N–H and O–H groups in total. The minimum absolute atomic E-state index is 0.0353. The maximum absolute atomic E-state index is 12.8. The van der Waals surface area contributed by atoms with E-state index in [1.54, 1.807) is 6.92 Å². The second kappa shape index (κ2) is 8.81. The van der Waals surface area contributed by atoms with Crippen molar-refractivity contribution in [2.45, 2.75) is 46.1 Å². The summed E-state index contributed by atoms with van der Waals surface area (Å²) >= 11 is 0. The lowest BCUT2D eigenvalue weighted by Gasteiger charge is -2.32. The monoisotopic (exact) mass is 366 g/mol.